The van der Waals surface area contributed by atoms with Crippen LogP contribution in [0.15, 0.2) is 28.7 Å². The molecule has 1 aromatic rings. The van der Waals surface area contributed by atoms with E-state index in [-0.39, 0.29) is 6.04 Å². The molecule has 0 atom stereocenters. The first kappa shape index (κ1) is 18.7. The number of nitrogens with one attached hydrogen (secondary N) is 2. The zero-order valence-electron chi connectivity index (χ0n) is 14.1. The van der Waals surface area contributed by atoms with Gasteiger partial charge in [-0.2, -0.15) is 0 Å². The Labute approximate surface area is 148 Å². The fraction of sp³-hybridized carbons (Fsp3) is 0.647. The average molecular weight is 403 g/mol. The third-order valence-electron chi connectivity index (χ3n) is 4.41. The zero-order chi connectivity index (χ0) is 17.1. The first-order chi connectivity index (χ1) is 10.7. The summed E-state index contributed by atoms with van der Waals surface area (Å²) in [5.41, 5.74) is 1.13. The van der Waals surface area contributed by atoms with Crippen molar-refractivity contribution in [1.82, 2.24) is 4.72 Å². The van der Waals surface area contributed by atoms with Gasteiger partial charge in [0.25, 0.3) is 0 Å². The second kappa shape index (κ2) is 7.53. The molecule has 1 aliphatic carbocycles. The predicted octanol–water partition coefficient (Wildman–Crippen LogP) is 4.14. The Bertz CT molecular complexity index is 600. The van der Waals surface area contributed by atoms with Crippen LogP contribution in [0.4, 0.5) is 5.69 Å². The summed E-state index contributed by atoms with van der Waals surface area (Å²) in [6.07, 6.45) is 3.95. The van der Waals surface area contributed by atoms with Crippen molar-refractivity contribution in [3.63, 3.8) is 0 Å². The number of hydrogen-bond donors (Lipinski definition) is 2. The third-order valence-corrected chi connectivity index (χ3v) is 7.20. The van der Waals surface area contributed by atoms with E-state index in [0.717, 1.165) is 42.4 Å². The smallest absolute Gasteiger partial charge is 0.216 e. The summed E-state index contributed by atoms with van der Waals surface area (Å²) < 4.78 is 27.6. The number of sulfonamides is 1. The van der Waals surface area contributed by atoms with Gasteiger partial charge in [0.15, 0.2) is 0 Å². The summed E-state index contributed by atoms with van der Waals surface area (Å²) >= 11 is 3.43. The fourth-order valence-electron chi connectivity index (χ4n) is 2.71. The lowest BCUT2D eigenvalue weighted by Gasteiger charge is -2.31. The van der Waals surface area contributed by atoms with Crippen molar-refractivity contribution >= 4 is 31.6 Å². The van der Waals surface area contributed by atoms with E-state index < -0.39 is 14.8 Å². The Morgan fingerprint density at radius 2 is 1.65 bits per heavy atom. The topological polar surface area (TPSA) is 58.2 Å². The molecule has 1 aromatic carbocycles. The minimum absolute atomic E-state index is 0.0863. The van der Waals surface area contributed by atoms with Gasteiger partial charge in [-0.05, 0) is 76.6 Å². The molecule has 1 fully saturated rings. The highest BCUT2D eigenvalue weighted by Gasteiger charge is 2.32. The van der Waals surface area contributed by atoms with Crippen molar-refractivity contribution in [2.24, 2.45) is 5.92 Å². The highest BCUT2D eigenvalue weighted by atomic mass is 79.9. The molecular formula is C17H27BrN2O2S. The molecule has 0 aliphatic heterocycles. The van der Waals surface area contributed by atoms with Crippen molar-refractivity contribution in [1.29, 1.82) is 0 Å². The first-order valence-electron chi connectivity index (χ1n) is 8.19. The highest BCUT2D eigenvalue weighted by Crippen LogP contribution is 2.27. The van der Waals surface area contributed by atoms with Crippen molar-refractivity contribution < 1.29 is 8.42 Å². The maximum atomic E-state index is 12.2. The summed E-state index contributed by atoms with van der Waals surface area (Å²) in [4.78, 5) is 0. The van der Waals surface area contributed by atoms with E-state index in [9.17, 15) is 8.42 Å². The molecular weight excluding hydrogens is 376 g/mol. The largest absolute Gasteiger partial charge is 0.385 e. The summed E-state index contributed by atoms with van der Waals surface area (Å²) in [6, 6.07) is 8.27. The van der Waals surface area contributed by atoms with Crippen molar-refractivity contribution in [3.8, 4) is 0 Å². The summed E-state index contributed by atoms with van der Waals surface area (Å²) in [7, 11) is -3.24. The van der Waals surface area contributed by atoms with Crippen LogP contribution in [0.25, 0.3) is 0 Å². The van der Waals surface area contributed by atoms with Crippen molar-refractivity contribution in [2.75, 3.05) is 11.9 Å². The molecule has 0 aromatic heterocycles. The molecule has 0 saturated heterocycles. The lowest BCUT2D eigenvalue weighted by molar-refractivity contribution is 0.322. The van der Waals surface area contributed by atoms with Gasteiger partial charge < -0.3 is 5.32 Å². The van der Waals surface area contributed by atoms with Gasteiger partial charge in [-0.3, -0.25) is 0 Å². The highest BCUT2D eigenvalue weighted by molar-refractivity contribution is 9.10. The lowest BCUT2D eigenvalue weighted by atomic mass is 9.86. The Hall–Kier alpha value is -0.590. The summed E-state index contributed by atoms with van der Waals surface area (Å²) in [5, 5.41) is 3.47. The Kier molecular flexibility index (Phi) is 6.14. The van der Waals surface area contributed by atoms with Gasteiger partial charge in [-0.1, -0.05) is 15.9 Å². The molecule has 2 rings (SSSR count). The SMILES string of the molecule is CC(C)(C)S(=O)(=O)N[C@H]1CC[C@H](CNc2ccc(Br)cc2)CC1. The van der Waals surface area contributed by atoms with Gasteiger partial charge in [0.2, 0.25) is 10.0 Å². The molecule has 1 saturated carbocycles. The van der Waals surface area contributed by atoms with Crippen LogP contribution in [0.3, 0.4) is 0 Å². The minimum Gasteiger partial charge on any atom is -0.385 e. The average Bonchev–Trinajstić information content (AvgIpc) is 2.47. The molecule has 0 amide bonds. The van der Waals surface area contributed by atoms with E-state index in [1.54, 1.807) is 20.8 Å². The molecule has 130 valence electrons. The van der Waals surface area contributed by atoms with E-state index in [1.165, 1.54) is 0 Å². The van der Waals surface area contributed by atoms with Crippen LogP contribution in [-0.4, -0.2) is 25.8 Å². The van der Waals surface area contributed by atoms with Gasteiger partial charge in [-0.15, -0.1) is 0 Å². The Morgan fingerprint density at radius 3 is 2.17 bits per heavy atom. The molecule has 6 heteroatoms. The molecule has 1 aliphatic rings. The maximum absolute atomic E-state index is 12.2. The molecule has 0 bridgehead atoms. The van der Waals surface area contributed by atoms with Crippen LogP contribution in [0, 0.1) is 5.92 Å². The lowest BCUT2D eigenvalue weighted by Crippen LogP contribution is -2.46. The number of rotatable bonds is 5. The fourth-order valence-corrected chi connectivity index (χ4v) is 4.00. The van der Waals surface area contributed by atoms with Crippen LogP contribution in [-0.2, 0) is 10.0 Å². The van der Waals surface area contributed by atoms with Gasteiger partial charge in [-0.25, -0.2) is 13.1 Å². The van der Waals surface area contributed by atoms with Gasteiger partial charge in [0.05, 0.1) is 4.75 Å². The molecule has 0 heterocycles. The van der Waals surface area contributed by atoms with Crippen molar-refractivity contribution in [3.05, 3.63) is 28.7 Å². The summed E-state index contributed by atoms with van der Waals surface area (Å²) in [6.45, 7) is 6.16. The molecule has 2 N–H and O–H groups in total. The van der Waals surface area contributed by atoms with Crippen LogP contribution in [0.1, 0.15) is 46.5 Å². The second-order valence-corrected chi connectivity index (χ2v) is 10.7. The van der Waals surface area contributed by atoms with Gasteiger partial charge in [0, 0.05) is 22.7 Å². The van der Waals surface area contributed by atoms with Crippen molar-refractivity contribution in [2.45, 2.75) is 57.2 Å². The Balaban J connectivity index is 1.77. The second-order valence-electron chi connectivity index (χ2n) is 7.34. The number of halogens is 1. The van der Waals surface area contributed by atoms with Crippen LogP contribution in [0.2, 0.25) is 0 Å². The van der Waals surface area contributed by atoms with Crippen LogP contribution < -0.4 is 10.0 Å². The number of hydrogen-bond acceptors (Lipinski definition) is 3. The molecule has 4 nitrogen and oxygen atoms in total. The molecule has 0 unspecified atom stereocenters. The van der Waals surface area contributed by atoms with E-state index in [0.29, 0.717) is 5.92 Å². The zero-order valence-corrected chi connectivity index (χ0v) is 16.5. The normalized spacial score (nSPS) is 22.8. The first-order valence-corrected chi connectivity index (χ1v) is 10.5. The molecule has 0 radical (unpaired) electrons. The predicted molar refractivity (Wildman–Crippen MR) is 100 cm³/mol. The van der Waals surface area contributed by atoms with E-state index >= 15 is 0 Å². The van der Waals surface area contributed by atoms with Gasteiger partial charge >= 0.3 is 0 Å². The minimum atomic E-state index is -3.24. The van der Waals surface area contributed by atoms with Crippen LogP contribution >= 0.6 is 15.9 Å². The third kappa shape index (κ3) is 5.47. The standard InChI is InChI=1S/C17H27BrN2O2S/c1-17(2,3)23(21,22)20-16-8-4-13(5-9-16)12-19-15-10-6-14(18)7-11-15/h6-7,10-11,13,16,19-20H,4-5,8-9,12H2,1-3H3/t13-,16-. The Morgan fingerprint density at radius 1 is 1.09 bits per heavy atom. The number of anilines is 1. The summed E-state index contributed by atoms with van der Waals surface area (Å²) in [5.74, 6) is 0.606. The molecule has 0 spiro atoms. The van der Waals surface area contributed by atoms with Crippen LogP contribution in [0.5, 0.6) is 0 Å². The maximum Gasteiger partial charge on any atom is 0.216 e. The van der Waals surface area contributed by atoms with E-state index in [4.69, 9.17) is 0 Å². The molecule has 23 heavy (non-hydrogen) atoms. The quantitative estimate of drug-likeness (QED) is 0.777. The number of benzene rings is 1. The van der Waals surface area contributed by atoms with E-state index in [1.807, 2.05) is 12.1 Å². The van der Waals surface area contributed by atoms with Gasteiger partial charge in [0.1, 0.15) is 0 Å². The monoisotopic (exact) mass is 402 g/mol. The van der Waals surface area contributed by atoms with E-state index in [2.05, 4.69) is 38.1 Å².